The first-order chi connectivity index (χ1) is 21.9. The molecule has 3 unspecified atom stereocenters. The molecule has 252 valence electrons. The van der Waals surface area contributed by atoms with Crippen molar-refractivity contribution >= 4 is 20.1 Å². The lowest BCUT2D eigenvalue weighted by molar-refractivity contribution is 0.265. The number of benzene rings is 3. The summed E-state index contributed by atoms with van der Waals surface area (Å²) in [4.78, 5) is 4.45. The summed E-state index contributed by atoms with van der Waals surface area (Å²) >= 11 is 0. The van der Waals surface area contributed by atoms with Crippen LogP contribution < -0.4 is 10.0 Å². The number of unbranched alkanes of at least 4 members (excludes halogenated alkanes) is 4. The average molecular weight is 642 g/mol. The lowest BCUT2D eigenvalue weighted by atomic mass is 9.69. The van der Waals surface area contributed by atoms with E-state index in [-0.39, 0.29) is 16.0 Å². The molecular formula is C43H64NOP. The zero-order valence-electron chi connectivity index (χ0n) is 30.9. The van der Waals surface area contributed by atoms with E-state index in [9.17, 15) is 0 Å². The van der Waals surface area contributed by atoms with Crippen molar-refractivity contribution in [3.05, 3.63) is 94.5 Å². The first-order valence-electron chi connectivity index (χ1n) is 18.1. The first-order valence-corrected chi connectivity index (χ1v) is 19.1. The minimum Gasteiger partial charge on any atom is -0.488 e. The third-order valence-corrected chi connectivity index (χ3v) is 12.4. The summed E-state index contributed by atoms with van der Waals surface area (Å²) in [5.74, 6) is 1.66. The van der Waals surface area contributed by atoms with E-state index in [2.05, 4.69) is 134 Å². The Morgan fingerprint density at radius 1 is 0.804 bits per heavy atom. The molecule has 0 aliphatic rings. The highest BCUT2D eigenvalue weighted by molar-refractivity contribution is 7.48. The molecule has 3 aromatic carbocycles. The number of ether oxygens (including phenoxy) is 1. The number of hydrogen-bond donors (Lipinski definition) is 0. The number of nitrogens with zero attached hydrogens (tertiary/aromatic N) is 1. The lowest BCUT2D eigenvalue weighted by Gasteiger charge is -2.41. The molecule has 0 aliphatic carbocycles. The van der Waals surface area contributed by atoms with Crippen LogP contribution in [0.1, 0.15) is 148 Å². The second-order valence-electron chi connectivity index (χ2n) is 15.0. The maximum Gasteiger partial charge on any atom is 0.127 e. The molecule has 0 saturated heterocycles. The minimum atomic E-state index is -0.0471. The van der Waals surface area contributed by atoms with Crippen molar-refractivity contribution in [1.82, 2.24) is 0 Å². The van der Waals surface area contributed by atoms with Crippen LogP contribution in [0.25, 0.3) is 0 Å². The molecule has 3 heteroatoms. The van der Waals surface area contributed by atoms with Crippen molar-refractivity contribution in [2.24, 2.45) is 10.9 Å². The molecule has 2 nitrogen and oxygen atoms in total. The van der Waals surface area contributed by atoms with Crippen LogP contribution in [0.4, 0.5) is 0 Å². The molecule has 0 saturated carbocycles. The molecule has 0 radical (unpaired) electrons. The molecule has 3 atom stereocenters. The molecular weight excluding hydrogens is 577 g/mol. The van der Waals surface area contributed by atoms with E-state index in [0.717, 1.165) is 18.6 Å². The highest BCUT2D eigenvalue weighted by Gasteiger charge is 2.40. The summed E-state index contributed by atoms with van der Waals surface area (Å²) in [6, 6.07) is 24.7. The van der Waals surface area contributed by atoms with Crippen LogP contribution in [0.2, 0.25) is 0 Å². The highest BCUT2D eigenvalue weighted by atomic mass is 31.1. The maximum absolute atomic E-state index is 7.19. The van der Waals surface area contributed by atoms with Crippen LogP contribution in [0.5, 0.6) is 5.75 Å². The molecule has 0 heterocycles. The van der Waals surface area contributed by atoms with Gasteiger partial charge in [-0.3, -0.25) is 4.99 Å². The summed E-state index contributed by atoms with van der Waals surface area (Å²) in [6.07, 6.45) is 13.0. The van der Waals surface area contributed by atoms with E-state index in [1.165, 1.54) is 78.1 Å². The Balaban J connectivity index is 2.38. The highest BCUT2D eigenvalue weighted by Crippen LogP contribution is 2.55. The molecule has 3 aromatic rings. The largest absolute Gasteiger partial charge is 0.488 e. The van der Waals surface area contributed by atoms with Gasteiger partial charge in [-0.15, -0.1) is 0 Å². The van der Waals surface area contributed by atoms with Crippen molar-refractivity contribution in [3.8, 4) is 5.75 Å². The Labute approximate surface area is 285 Å². The second-order valence-corrected chi connectivity index (χ2v) is 16.8. The van der Waals surface area contributed by atoms with Crippen LogP contribution in [0.15, 0.2) is 71.7 Å². The summed E-state index contributed by atoms with van der Waals surface area (Å²) < 4.78 is 7.19. The normalized spacial score (nSPS) is 14.7. The van der Waals surface area contributed by atoms with Crippen LogP contribution in [0.3, 0.4) is 0 Å². The summed E-state index contributed by atoms with van der Waals surface area (Å²) in [5.41, 5.74) is 6.64. The molecule has 0 amide bonds. The van der Waals surface area contributed by atoms with Crippen molar-refractivity contribution < 1.29 is 4.74 Å². The summed E-state index contributed by atoms with van der Waals surface area (Å²) in [6.45, 7) is 22.2. The van der Waals surface area contributed by atoms with Crippen LogP contribution in [-0.4, -0.2) is 13.3 Å². The molecule has 0 bridgehead atoms. The van der Waals surface area contributed by atoms with Crippen LogP contribution in [-0.2, 0) is 22.6 Å². The Hall–Kier alpha value is -2.44. The summed E-state index contributed by atoms with van der Waals surface area (Å²) in [5, 5.41) is 1.35. The van der Waals surface area contributed by atoms with E-state index in [1.807, 2.05) is 13.3 Å². The molecule has 0 fully saturated rings. The van der Waals surface area contributed by atoms with Crippen molar-refractivity contribution in [2.45, 2.75) is 143 Å². The topological polar surface area (TPSA) is 21.6 Å². The number of hydrogen-bond acceptors (Lipinski definition) is 2. The number of aliphatic imine (C=N–C) groups is 1. The zero-order chi connectivity index (χ0) is 33.8. The standard InChI is InChI=1S/C43H64NOP/c1-11-14-17-23-33(4)42(8,9)37-29-36(41(5,6)7)30-38(40(37)45-32-34-24-18-16-19-25-34)43(13-3,28-22-15-12-2)46-39-27-21-20-26-35(39)31-44-10/h16,18-21,24-27,29-31,33,46H,11-15,17,22-23,28,32H2,1-10H3. The van der Waals surface area contributed by atoms with Gasteiger partial charge < -0.3 is 4.74 Å². The maximum atomic E-state index is 7.19. The third-order valence-electron chi connectivity index (χ3n) is 10.3. The fraction of sp³-hybridized carbons (Fsp3) is 0.558. The van der Waals surface area contributed by atoms with E-state index in [1.54, 1.807) is 0 Å². The van der Waals surface area contributed by atoms with Gasteiger partial charge in [0, 0.05) is 29.5 Å². The van der Waals surface area contributed by atoms with E-state index >= 15 is 0 Å². The summed E-state index contributed by atoms with van der Waals surface area (Å²) in [7, 11) is 2.50. The Bertz CT molecular complexity index is 1370. The van der Waals surface area contributed by atoms with Gasteiger partial charge in [0.2, 0.25) is 0 Å². The van der Waals surface area contributed by atoms with Gasteiger partial charge in [0.1, 0.15) is 12.4 Å². The van der Waals surface area contributed by atoms with Gasteiger partial charge in [0.25, 0.3) is 0 Å². The van der Waals surface area contributed by atoms with Crippen LogP contribution in [0, 0.1) is 5.92 Å². The van der Waals surface area contributed by atoms with Gasteiger partial charge in [-0.05, 0) is 58.0 Å². The predicted octanol–water partition coefficient (Wildman–Crippen LogP) is 12.3. The lowest BCUT2D eigenvalue weighted by Crippen LogP contribution is -2.31. The Morgan fingerprint density at radius 3 is 2.07 bits per heavy atom. The fourth-order valence-electron chi connectivity index (χ4n) is 6.63. The SMILES string of the molecule is CCCCCC(C)C(C)(C)c1cc(C(C)(C)C)cc(C(CC)(CCCCC)Pc2ccccc2C=NC)c1OCc1ccccc1. The third kappa shape index (κ3) is 9.79. The zero-order valence-corrected chi connectivity index (χ0v) is 31.9. The van der Waals surface area contributed by atoms with Gasteiger partial charge >= 0.3 is 0 Å². The molecule has 46 heavy (non-hydrogen) atoms. The predicted molar refractivity (Wildman–Crippen MR) is 206 cm³/mol. The van der Waals surface area contributed by atoms with Crippen molar-refractivity contribution in [3.63, 3.8) is 0 Å². The van der Waals surface area contributed by atoms with Gasteiger partial charge in [0.15, 0.2) is 0 Å². The van der Waals surface area contributed by atoms with Gasteiger partial charge in [0.05, 0.1) is 0 Å². The van der Waals surface area contributed by atoms with Crippen LogP contribution >= 0.6 is 8.58 Å². The molecule has 0 aliphatic heterocycles. The number of rotatable bonds is 18. The smallest absolute Gasteiger partial charge is 0.127 e. The fourth-order valence-corrected chi connectivity index (χ4v) is 8.41. The monoisotopic (exact) mass is 641 g/mol. The van der Waals surface area contributed by atoms with E-state index < -0.39 is 0 Å². The minimum absolute atomic E-state index is 0.0157. The molecule has 0 spiro atoms. The van der Waals surface area contributed by atoms with E-state index in [4.69, 9.17) is 4.74 Å². The Kier molecular flexibility index (Phi) is 14.6. The first kappa shape index (κ1) is 38.0. The Morgan fingerprint density at radius 2 is 1.43 bits per heavy atom. The van der Waals surface area contributed by atoms with Crippen molar-refractivity contribution in [2.75, 3.05) is 7.05 Å². The quantitative estimate of drug-likeness (QED) is 0.0769. The van der Waals surface area contributed by atoms with E-state index in [0.29, 0.717) is 21.1 Å². The van der Waals surface area contributed by atoms with Gasteiger partial charge in [-0.1, -0.05) is 176 Å². The average Bonchev–Trinajstić information content (AvgIpc) is 3.04. The van der Waals surface area contributed by atoms with Gasteiger partial charge in [-0.2, -0.15) is 0 Å². The molecule has 3 rings (SSSR count). The van der Waals surface area contributed by atoms with Gasteiger partial charge in [-0.25, -0.2) is 0 Å². The van der Waals surface area contributed by atoms with Crippen molar-refractivity contribution in [1.29, 1.82) is 0 Å². The second kappa shape index (κ2) is 17.6. The molecule has 0 aromatic heterocycles. The molecule has 0 N–H and O–H groups in total.